The number of nitrogens with zero attached hydrogens (tertiary/aromatic N) is 1. The minimum atomic E-state index is 0.179. The zero-order valence-electron chi connectivity index (χ0n) is 11.6. The topological polar surface area (TPSA) is 29.3 Å². The molecule has 2 rings (SSSR count). The van der Waals surface area contributed by atoms with Gasteiger partial charge < -0.3 is 10.6 Å². The van der Waals surface area contributed by atoms with E-state index in [1.807, 2.05) is 6.92 Å². The molecule has 0 aliphatic carbocycles. The van der Waals surface area contributed by atoms with Gasteiger partial charge in [0, 0.05) is 29.8 Å². The first kappa shape index (κ1) is 16.0. The Morgan fingerprint density at radius 2 is 2.05 bits per heavy atom. The molecule has 1 aromatic heterocycles. The summed E-state index contributed by atoms with van der Waals surface area (Å²) in [7, 11) is 2.11. The van der Waals surface area contributed by atoms with Gasteiger partial charge in [0.05, 0.1) is 3.79 Å². The third-order valence-corrected chi connectivity index (χ3v) is 5.35. The predicted octanol–water partition coefficient (Wildman–Crippen LogP) is 4.80. The monoisotopic (exact) mass is 416 g/mol. The lowest BCUT2D eigenvalue weighted by molar-refractivity contribution is 0.736. The van der Waals surface area contributed by atoms with Crippen molar-refractivity contribution in [2.45, 2.75) is 25.9 Å². The normalized spacial score (nSPS) is 12.4. The molecule has 108 valence electrons. The molecule has 0 spiro atoms. The van der Waals surface area contributed by atoms with Gasteiger partial charge in [0.1, 0.15) is 0 Å². The summed E-state index contributed by atoms with van der Waals surface area (Å²) in [4.78, 5) is 2.24. The van der Waals surface area contributed by atoms with E-state index >= 15 is 0 Å². The molecule has 1 atom stereocenters. The van der Waals surface area contributed by atoms with Crippen LogP contribution in [-0.4, -0.2) is 13.1 Å². The first-order valence-corrected chi connectivity index (χ1v) is 8.90. The van der Waals surface area contributed by atoms with E-state index in [0.717, 1.165) is 17.4 Å². The maximum atomic E-state index is 5.86. The molecular formula is C15H18Br2N2S. The molecule has 1 unspecified atom stereocenters. The highest BCUT2D eigenvalue weighted by atomic mass is 79.9. The largest absolute Gasteiger partial charge is 0.370 e. The number of rotatable bonds is 5. The van der Waals surface area contributed by atoms with Gasteiger partial charge in [-0.25, -0.2) is 0 Å². The second-order valence-corrected chi connectivity index (χ2v) is 8.22. The van der Waals surface area contributed by atoms with Crippen LogP contribution in [0.5, 0.6) is 0 Å². The number of hydrogen-bond donors (Lipinski definition) is 1. The van der Waals surface area contributed by atoms with Gasteiger partial charge in [-0.3, -0.25) is 0 Å². The van der Waals surface area contributed by atoms with Crippen molar-refractivity contribution >= 4 is 48.9 Å². The summed E-state index contributed by atoms with van der Waals surface area (Å²) in [5.74, 6) is 0. The molecule has 0 bridgehead atoms. The number of thiophene rings is 1. The Bertz CT molecular complexity index is 581. The molecule has 0 fully saturated rings. The number of benzene rings is 1. The van der Waals surface area contributed by atoms with Crippen molar-refractivity contribution in [1.82, 2.24) is 0 Å². The minimum absolute atomic E-state index is 0.179. The molecule has 0 saturated carbocycles. The Kier molecular flexibility index (Phi) is 5.66. The Labute approximate surface area is 141 Å². The summed E-state index contributed by atoms with van der Waals surface area (Å²) >= 11 is 8.87. The average molecular weight is 418 g/mol. The van der Waals surface area contributed by atoms with Crippen LogP contribution >= 0.6 is 43.2 Å². The molecule has 0 amide bonds. The summed E-state index contributed by atoms with van der Waals surface area (Å²) < 4.78 is 2.31. The van der Waals surface area contributed by atoms with Crippen LogP contribution in [0.4, 0.5) is 5.69 Å². The fourth-order valence-electron chi connectivity index (χ4n) is 2.08. The maximum Gasteiger partial charge on any atom is 0.0701 e. The van der Waals surface area contributed by atoms with E-state index in [-0.39, 0.29) is 6.04 Å². The number of nitrogens with two attached hydrogens (primary N) is 1. The van der Waals surface area contributed by atoms with Gasteiger partial charge in [0.15, 0.2) is 0 Å². The Morgan fingerprint density at radius 3 is 2.60 bits per heavy atom. The van der Waals surface area contributed by atoms with E-state index in [2.05, 4.69) is 73.5 Å². The van der Waals surface area contributed by atoms with Gasteiger partial charge in [-0.1, -0.05) is 22.0 Å². The molecular weight excluding hydrogens is 400 g/mol. The molecule has 2 aromatic rings. The van der Waals surface area contributed by atoms with Crippen LogP contribution in [0.3, 0.4) is 0 Å². The molecule has 20 heavy (non-hydrogen) atoms. The smallest absolute Gasteiger partial charge is 0.0701 e. The first-order chi connectivity index (χ1) is 9.45. The molecule has 0 saturated heterocycles. The third-order valence-electron chi connectivity index (χ3n) is 3.06. The van der Waals surface area contributed by atoms with E-state index in [0.29, 0.717) is 0 Å². The SMILES string of the molecule is CC(N)Cc1ccc(N(C)Cc2csc(Br)c2)cc1Br. The number of halogens is 2. The fourth-order valence-corrected chi connectivity index (χ4v) is 3.81. The highest BCUT2D eigenvalue weighted by Gasteiger charge is 2.08. The highest BCUT2D eigenvalue weighted by molar-refractivity contribution is 9.11. The Hall–Kier alpha value is -0.360. The van der Waals surface area contributed by atoms with Crippen LogP contribution in [0.15, 0.2) is 37.9 Å². The minimum Gasteiger partial charge on any atom is -0.370 e. The lowest BCUT2D eigenvalue weighted by atomic mass is 10.1. The van der Waals surface area contributed by atoms with Crippen LogP contribution in [0, 0.1) is 0 Å². The first-order valence-electron chi connectivity index (χ1n) is 6.43. The summed E-state index contributed by atoms with van der Waals surface area (Å²) in [5.41, 5.74) is 9.64. The van der Waals surface area contributed by atoms with Crippen molar-refractivity contribution in [2.75, 3.05) is 11.9 Å². The lowest BCUT2D eigenvalue weighted by Crippen LogP contribution is -2.19. The van der Waals surface area contributed by atoms with E-state index in [9.17, 15) is 0 Å². The van der Waals surface area contributed by atoms with E-state index < -0.39 is 0 Å². The third kappa shape index (κ3) is 4.32. The van der Waals surface area contributed by atoms with Gasteiger partial charge in [0.2, 0.25) is 0 Å². The van der Waals surface area contributed by atoms with Gasteiger partial charge in [-0.05, 0) is 64.0 Å². The van der Waals surface area contributed by atoms with Gasteiger partial charge in [-0.2, -0.15) is 0 Å². The Morgan fingerprint density at radius 1 is 1.30 bits per heavy atom. The van der Waals surface area contributed by atoms with Crippen molar-refractivity contribution < 1.29 is 0 Å². The highest BCUT2D eigenvalue weighted by Crippen LogP contribution is 2.27. The average Bonchev–Trinajstić information content (AvgIpc) is 2.76. The van der Waals surface area contributed by atoms with Crippen molar-refractivity contribution in [1.29, 1.82) is 0 Å². The number of hydrogen-bond acceptors (Lipinski definition) is 3. The van der Waals surface area contributed by atoms with Crippen molar-refractivity contribution in [3.63, 3.8) is 0 Å². The quantitative estimate of drug-likeness (QED) is 0.756. The summed E-state index contributed by atoms with van der Waals surface area (Å²) in [6.07, 6.45) is 0.891. The molecule has 2 nitrogen and oxygen atoms in total. The lowest BCUT2D eigenvalue weighted by Gasteiger charge is -2.20. The molecule has 0 aliphatic rings. The zero-order chi connectivity index (χ0) is 14.7. The molecule has 1 aromatic carbocycles. The Balaban J connectivity index is 2.10. The number of anilines is 1. The van der Waals surface area contributed by atoms with E-state index in [1.165, 1.54) is 20.6 Å². The maximum absolute atomic E-state index is 5.86. The van der Waals surface area contributed by atoms with Crippen molar-refractivity contribution in [3.05, 3.63) is 49.0 Å². The fraction of sp³-hybridized carbons (Fsp3) is 0.333. The predicted molar refractivity (Wildman–Crippen MR) is 95.6 cm³/mol. The van der Waals surface area contributed by atoms with Gasteiger partial charge >= 0.3 is 0 Å². The second kappa shape index (κ2) is 7.07. The summed E-state index contributed by atoms with van der Waals surface area (Å²) in [5, 5.41) is 2.18. The zero-order valence-corrected chi connectivity index (χ0v) is 15.6. The second-order valence-electron chi connectivity index (χ2n) is 5.07. The summed E-state index contributed by atoms with van der Waals surface area (Å²) in [6.45, 7) is 2.93. The van der Waals surface area contributed by atoms with Crippen LogP contribution in [0.25, 0.3) is 0 Å². The molecule has 2 N–H and O–H groups in total. The molecule has 1 heterocycles. The van der Waals surface area contributed by atoms with Crippen LogP contribution in [0.2, 0.25) is 0 Å². The standard InChI is InChI=1S/C15H18Br2N2S/c1-10(18)5-12-3-4-13(7-14(12)16)19(2)8-11-6-15(17)20-9-11/h3-4,6-7,9-10H,5,8,18H2,1-2H3. The van der Waals surface area contributed by atoms with E-state index in [1.54, 1.807) is 11.3 Å². The van der Waals surface area contributed by atoms with Crippen LogP contribution in [0.1, 0.15) is 18.1 Å². The van der Waals surface area contributed by atoms with Crippen molar-refractivity contribution in [3.8, 4) is 0 Å². The molecule has 0 aliphatic heterocycles. The van der Waals surface area contributed by atoms with Crippen LogP contribution < -0.4 is 10.6 Å². The summed E-state index contributed by atoms with van der Waals surface area (Å²) in [6, 6.07) is 8.82. The molecule has 5 heteroatoms. The van der Waals surface area contributed by atoms with E-state index in [4.69, 9.17) is 5.73 Å². The van der Waals surface area contributed by atoms with Crippen LogP contribution in [-0.2, 0) is 13.0 Å². The van der Waals surface area contributed by atoms with Crippen molar-refractivity contribution in [2.24, 2.45) is 5.73 Å². The molecule has 0 radical (unpaired) electrons. The van der Waals surface area contributed by atoms with Gasteiger partial charge in [0.25, 0.3) is 0 Å². The van der Waals surface area contributed by atoms with Gasteiger partial charge in [-0.15, -0.1) is 11.3 Å².